The maximum absolute atomic E-state index is 2.40. The van der Waals surface area contributed by atoms with Crippen LogP contribution in [0.15, 0.2) is 164 Å². The topological polar surface area (TPSA) is 3.24 Å². The van der Waals surface area contributed by atoms with E-state index in [1.54, 1.807) is 0 Å². The number of benzene rings is 7. The van der Waals surface area contributed by atoms with Crippen LogP contribution in [0.5, 0.6) is 0 Å². The molecule has 184 valence electrons. The van der Waals surface area contributed by atoms with Crippen molar-refractivity contribution in [1.29, 1.82) is 0 Å². The van der Waals surface area contributed by atoms with Crippen molar-refractivity contribution in [2.24, 2.45) is 0 Å². The third-order valence-electron chi connectivity index (χ3n) is 7.44. The van der Waals surface area contributed by atoms with Crippen molar-refractivity contribution in [3.8, 4) is 22.3 Å². The maximum atomic E-state index is 2.40. The van der Waals surface area contributed by atoms with Gasteiger partial charge in [-0.1, -0.05) is 140 Å². The minimum atomic E-state index is 1.14. The Morgan fingerprint density at radius 2 is 0.641 bits per heavy atom. The highest BCUT2D eigenvalue weighted by atomic mass is 15.1. The molecule has 7 aromatic rings. The first kappa shape index (κ1) is 23.0. The highest BCUT2D eigenvalue weighted by Crippen LogP contribution is 2.47. The Hall–Kier alpha value is -5.14. The third kappa shape index (κ3) is 4.15. The normalized spacial score (nSPS) is 11.1. The SMILES string of the molecule is c1ccc(-c2ccc(-c3c4ccccc4c(N(c4ccccc4)c4ccccc4)c4ccccc34)cc2)cc1. The summed E-state index contributed by atoms with van der Waals surface area (Å²) in [7, 11) is 0. The molecule has 0 aromatic heterocycles. The second kappa shape index (κ2) is 9.96. The predicted molar refractivity (Wildman–Crippen MR) is 167 cm³/mol. The minimum absolute atomic E-state index is 1.14. The molecule has 1 heteroatoms. The molecule has 0 bridgehead atoms. The summed E-state index contributed by atoms with van der Waals surface area (Å²) in [5, 5.41) is 4.95. The van der Waals surface area contributed by atoms with Gasteiger partial charge in [0.15, 0.2) is 0 Å². The number of hydrogen-bond donors (Lipinski definition) is 0. The van der Waals surface area contributed by atoms with Gasteiger partial charge in [0.2, 0.25) is 0 Å². The first-order valence-corrected chi connectivity index (χ1v) is 13.4. The van der Waals surface area contributed by atoms with Crippen molar-refractivity contribution in [2.75, 3.05) is 4.90 Å². The predicted octanol–water partition coefficient (Wildman–Crippen LogP) is 10.8. The minimum Gasteiger partial charge on any atom is -0.309 e. The number of rotatable bonds is 5. The van der Waals surface area contributed by atoms with Gasteiger partial charge in [-0.25, -0.2) is 0 Å². The van der Waals surface area contributed by atoms with Crippen LogP contribution in [-0.2, 0) is 0 Å². The molecule has 0 saturated carbocycles. The summed E-state index contributed by atoms with van der Waals surface area (Å²) in [4.78, 5) is 2.40. The van der Waals surface area contributed by atoms with E-state index in [-0.39, 0.29) is 0 Å². The smallest absolute Gasteiger partial charge is 0.0618 e. The molecule has 0 aliphatic carbocycles. The van der Waals surface area contributed by atoms with Crippen molar-refractivity contribution in [2.45, 2.75) is 0 Å². The van der Waals surface area contributed by atoms with Crippen LogP contribution < -0.4 is 4.90 Å². The molecule has 0 radical (unpaired) electrons. The van der Waals surface area contributed by atoms with Gasteiger partial charge in [0, 0.05) is 22.1 Å². The second-order valence-corrected chi connectivity index (χ2v) is 9.76. The lowest BCUT2D eigenvalue weighted by atomic mass is 9.89. The Morgan fingerprint density at radius 3 is 1.13 bits per heavy atom. The zero-order valence-electron chi connectivity index (χ0n) is 21.5. The van der Waals surface area contributed by atoms with E-state index < -0.39 is 0 Å². The van der Waals surface area contributed by atoms with Crippen molar-refractivity contribution >= 4 is 38.6 Å². The standard InChI is InChI=1S/C38H27N/c1-4-14-28(15-5-1)29-24-26-30(27-25-29)37-33-20-10-12-22-35(33)38(36-23-13-11-21-34(36)37)39(31-16-6-2-7-17-31)32-18-8-3-9-19-32/h1-27H. The van der Waals surface area contributed by atoms with Crippen LogP contribution in [0.25, 0.3) is 43.8 Å². The van der Waals surface area contributed by atoms with E-state index in [1.165, 1.54) is 49.5 Å². The first-order chi connectivity index (χ1) is 19.4. The van der Waals surface area contributed by atoms with Crippen LogP contribution in [0.4, 0.5) is 17.1 Å². The Morgan fingerprint density at radius 1 is 0.282 bits per heavy atom. The molecule has 0 aliphatic heterocycles. The molecule has 0 spiro atoms. The van der Waals surface area contributed by atoms with Crippen LogP contribution in [0, 0.1) is 0 Å². The molecule has 0 aliphatic rings. The highest BCUT2D eigenvalue weighted by Gasteiger charge is 2.21. The van der Waals surface area contributed by atoms with Crippen molar-refractivity contribution in [1.82, 2.24) is 0 Å². The average Bonchev–Trinajstić information content (AvgIpc) is 3.02. The molecule has 7 aromatic carbocycles. The van der Waals surface area contributed by atoms with E-state index >= 15 is 0 Å². The van der Waals surface area contributed by atoms with E-state index in [2.05, 4.69) is 169 Å². The Bertz CT molecular complexity index is 1780. The lowest BCUT2D eigenvalue weighted by molar-refractivity contribution is 1.31. The number of anilines is 3. The van der Waals surface area contributed by atoms with Gasteiger partial charge in [0.05, 0.1) is 5.69 Å². The van der Waals surface area contributed by atoms with Gasteiger partial charge in [-0.2, -0.15) is 0 Å². The Labute approximate surface area is 229 Å². The number of fused-ring (bicyclic) bond motifs is 2. The quantitative estimate of drug-likeness (QED) is 0.214. The fraction of sp³-hybridized carbons (Fsp3) is 0. The van der Waals surface area contributed by atoms with E-state index in [9.17, 15) is 0 Å². The van der Waals surface area contributed by atoms with Crippen LogP contribution in [0.1, 0.15) is 0 Å². The summed E-state index contributed by atoms with van der Waals surface area (Å²) in [5.74, 6) is 0. The maximum Gasteiger partial charge on any atom is 0.0618 e. The molecule has 0 heterocycles. The molecule has 0 unspecified atom stereocenters. The van der Waals surface area contributed by atoms with Crippen molar-refractivity contribution < 1.29 is 0 Å². The molecule has 0 atom stereocenters. The Balaban J connectivity index is 1.52. The molecular weight excluding hydrogens is 470 g/mol. The summed E-state index contributed by atoms with van der Waals surface area (Å²) in [6.07, 6.45) is 0. The summed E-state index contributed by atoms with van der Waals surface area (Å²) in [6.45, 7) is 0. The molecule has 0 N–H and O–H groups in total. The first-order valence-electron chi connectivity index (χ1n) is 13.4. The number of nitrogens with zero attached hydrogens (tertiary/aromatic N) is 1. The van der Waals surface area contributed by atoms with Gasteiger partial charge in [0.25, 0.3) is 0 Å². The lowest BCUT2D eigenvalue weighted by Crippen LogP contribution is -2.11. The molecule has 0 saturated heterocycles. The van der Waals surface area contributed by atoms with Crippen LogP contribution in [0.2, 0.25) is 0 Å². The third-order valence-corrected chi connectivity index (χ3v) is 7.44. The van der Waals surface area contributed by atoms with Crippen LogP contribution in [0.3, 0.4) is 0 Å². The second-order valence-electron chi connectivity index (χ2n) is 9.76. The highest BCUT2D eigenvalue weighted by molar-refractivity contribution is 6.22. The summed E-state index contributed by atoms with van der Waals surface area (Å²) >= 11 is 0. The molecule has 39 heavy (non-hydrogen) atoms. The van der Waals surface area contributed by atoms with Gasteiger partial charge in [-0.15, -0.1) is 0 Å². The van der Waals surface area contributed by atoms with Crippen molar-refractivity contribution in [3.05, 3.63) is 164 Å². The van der Waals surface area contributed by atoms with Gasteiger partial charge in [-0.3, -0.25) is 0 Å². The zero-order valence-corrected chi connectivity index (χ0v) is 21.5. The van der Waals surface area contributed by atoms with E-state index in [0.29, 0.717) is 0 Å². The lowest BCUT2D eigenvalue weighted by Gasteiger charge is -2.29. The molecule has 7 rings (SSSR count). The fourth-order valence-corrected chi connectivity index (χ4v) is 5.68. The van der Waals surface area contributed by atoms with Crippen LogP contribution in [-0.4, -0.2) is 0 Å². The summed E-state index contributed by atoms with van der Waals surface area (Å²) in [5.41, 5.74) is 8.42. The Kier molecular flexibility index (Phi) is 5.88. The fourth-order valence-electron chi connectivity index (χ4n) is 5.68. The number of hydrogen-bond acceptors (Lipinski definition) is 1. The van der Waals surface area contributed by atoms with Gasteiger partial charge in [0.1, 0.15) is 0 Å². The van der Waals surface area contributed by atoms with Gasteiger partial charge in [-0.05, 0) is 57.3 Å². The summed E-state index contributed by atoms with van der Waals surface area (Å²) in [6, 6.07) is 58.6. The monoisotopic (exact) mass is 497 g/mol. The molecule has 0 amide bonds. The van der Waals surface area contributed by atoms with Gasteiger partial charge >= 0.3 is 0 Å². The van der Waals surface area contributed by atoms with Crippen molar-refractivity contribution in [3.63, 3.8) is 0 Å². The van der Waals surface area contributed by atoms with E-state index in [0.717, 1.165) is 11.4 Å². The largest absolute Gasteiger partial charge is 0.309 e. The van der Waals surface area contributed by atoms with E-state index in [4.69, 9.17) is 0 Å². The molecular formula is C38H27N. The zero-order chi connectivity index (χ0) is 26.0. The summed E-state index contributed by atoms with van der Waals surface area (Å²) < 4.78 is 0. The average molecular weight is 498 g/mol. The molecule has 1 nitrogen and oxygen atoms in total. The van der Waals surface area contributed by atoms with E-state index in [1.807, 2.05) is 0 Å². The van der Waals surface area contributed by atoms with Crippen LogP contribution >= 0.6 is 0 Å². The van der Waals surface area contributed by atoms with Gasteiger partial charge < -0.3 is 4.90 Å². The number of para-hydroxylation sites is 2. The molecule has 0 fully saturated rings.